The van der Waals surface area contributed by atoms with E-state index in [9.17, 15) is 19.2 Å². The number of nitrogens with two attached hydrogens (primary N) is 2. The molecule has 2 unspecified atom stereocenters. The van der Waals surface area contributed by atoms with Crippen LogP contribution in [0.15, 0.2) is 0 Å². The highest BCUT2D eigenvalue weighted by molar-refractivity contribution is 8.00. The minimum atomic E-state index is -0.818. The zero-order chi connectivity index (χ0) is 19.4. The highest BCUT2D eigenvalue weighted by Gasteiger charge is 2.40. The summed E-state index contributed by atoms with van der Waals surface area (Å²) < 4.78 is 0. The average molecular weight is 385 g/mol. The number of hydrogen-bond donors (Lipinski definition) is 2. The monoisotopic (exact) mass is 384 g/mol. The zero-order valence-corrected chi connectivity index (χ0v) is 16.2. The Kier molecular flexibility index (Phi) is 7.05. The first-order valence-corrected chi connectivity index (χ1v) is 9.97. The molecule has 4 N–H and O–H groups in total. The summed E-state index contributed by atoms with van der Waals surface area (Å²) in [4.78, 5) is 50.7. The molecule has 4 amide bonds. The van der Waals surface area contributed by atoms with Gasteiger partial charge < -0.3 is 16.4 Å². The summed E-state index contributed by atoms with van der Waals surface area (Å²) in [5, 5.41) is -0.487. The first kappa shape index (κ1) is 20.7. The van der Waals surface area contributed by atoms with Crippen LogP contribution in [0.1, 0.15) is 32.1 Å². The molecule has 2 rings (SSSR count). The number of carbonyl (C=O) groups is 4. The Morgan fingerprint density at radius 2 is 1.85 bits per heavy atom. The highest BCUT2D eigenvalue weighted by atomic mass is 32.2. The molecule has 1 heterocycles. The summed E-state index contributed by atoms with van der Waals surface area (Å²) in [5.74, 6) is -0.329. The first-order valence-electron chi connectivity index (χ1n) is 8.92. The summed E-state index contributed by atoms with van der Waals surface area (Å²) in [6.45, 7) is 0.416. The zero-order valence-electron chi connectivity index (χ0n) is 15.3. The number of imide groups is 1. The molecule has 1 aliphatic carbocycles. The number of primary amides is 1. The summed E-state index contributed by atoms with van der Waals surface area (Å²) in [6.07, 6.45) is 3.41. The molecule has 1 aliphatic heterocycles. The van der Waals surface area contributed by atoms with Gasteiger partial charge in [-0.25, -0.2) is 0 Å². The van der Waals surface area contributed by atoms with E-state index in [0.717, 1.165) is 25.7 Å². The van der Waals surface area contributed by atoms with Gasteiger partial charge in [-0.2, -0.15) is 0 Å². The third-order valence-corrected chi connectivity index (χ3v) is 6.44. The molecule has 0 aromatic carbocycles. The number of carbonyl (C=O) groups excluding carboxylic acids is 4. The summed E-state index contributed by atoms with van der Waals surface area (Å²) in [5.41, 5.74) is 10.7. The standard InChI is InChI=1S/C17H28N4O4S/c1-20(2)16(24)11-5-3-10(4-6-11)8-21-14(22)7-13(17(21)25)26-9-12(18)15(19)23/h10-13H,3-9,18H2,1-2H3,(H2,19,23). The van der Waals surface area contributed by atoms with Crippen LogP contribution in [0.3, 0.4) is 0 Å². The summed E-state index contributed by atoms with van der Waals surface area (Å²) in [7, 11) is 3.52. The van der Waals surface area contributed by atoms with Crippen LogP contribution in [0, 0.1) is 11.8 Å². The van der Waals surface area contributed by atoms with Gasteiger partial charge in [0.05, 0.1) is 11.3 Å². The Labute approximate surface area is 158 Å². The van der Waals surface area contributed by atoms with Crippen LogP contribution in [0.4, 0.5) is 0 Å². The SMILES string of the molecule is CN(C)C(=O)C1CCC(CN2C(=O)CC(SCC(N)C(N)=O)C2=O)CC1. The van der Waals surface area contributed by atoms with Crippen LogP contribution in [-0.4, -0.2) is 71.1 Å². The molecule has 0 aromatic rings. The molecule has 0 aromatic heterocycles. The first-order chi connectivity index (χ1) is 12.2. The maximum atomic E-state index is 12.5. The number of likely N-dealkylation sites (tertiary alicyclic amines) is 1. The van der Waals surface area contributed by atoms with Crippen molar-refractivity contribution in [1.29, 1.82) is 0 Å². The van der Waals surface area contributed by atoms with Crippen molar-refractivity contribution in [2.24, 2.45) is 23.3 Å². The minimum absolute atomic E-state index is 0.0461. The maximum absolute atomic E-state index is 12.5. The molecule has 0 radical (unpaired) electrons. The maximum Gasteiger partial charge on any atom is 0.242 e. The van der Waals surface area contributed by atoms with E-state index in [2.05, 4.69) is 0 Å². The number of amides is 4. The van der Waals surface area contributed by atoms with E-state index < -0.39 is 17.2 Å². The molecule has 2 aliphatic rings. The van der Waals surface area contributed by atoms with E-state index >= 15 is 0 Å². The van der Waals surface area contributed by atoms with Gasteiger partial charge in [0, 0.05) is 38.7 Å². The molecule has 1 saturated carbocycles. The lowest BCUT2D eigenvalue weighted by Gasteiger charge is -2.31. The van der Waals surface area contributed by atoms with Crippen LogP contribution < -0.4 is 11.5 Å². The van der Waals surface area contributed by atoms with Gasteiger partial charge in [-0.1, -0.05) is 0 Å². The van der Waals surface area contributed by atoms with Gasteiger partial charge in [-0.15, -0.1) is 11.8 Å². The van der Waals surface area contributed by atoms with Crippen molar-refractivity contribution < 1.29 is 19.2 Å². The lowest BCUT2D eigenvalue weighted by atomic mass is 9.81. The van der Waals surface area contributed by atoms with Gasteiger partial charge in [-0.3, -0.25) is 24.1 Å². The Hall–Kier alpha value is -1.61. The highest BCUT2D eigenvalue weighted by Crippen LogP contribution is 2.33. The fraction of sp³-hybridized carbons (Fsp3) is 0.765. The van der Waals surface area contributed by atoms with Gasteiger partial charge in [0.1, 0.15) is 0 Å². The van der Waals surface area contributed by atoms with E-state index in [4.69, 9.17) is 11.5 Å². The molecule has 2 fully saturated rings. The third kappa shape index (κ3) is 4.97. The topological polar surface area (TPSA) is 127 Å². The van der Waals surface area contributed by atoms with Crippen molar-refractivity contribution in [3.63, 3.8) is 0 Å². The van der Waals surface area contributed by atoms with E-state index in [1.165, 1.54) is 16.7 Å². The molecule has 146 valence electrons. The Bertz CT molecular complexity index is 575. The second-order valence-corrected chi connectivity index (χ2v) is 8.56. The van der Waals surface area contributed by atoms with Gasteiger partial charge in [0.15, 0.2) is 0 Å². The van der Waals surface area contributed by atoms with Crippen LogP contribution in [-0.2, 0) is 19.2 Å². The predicted molar refractivity (Wildman–Crippen MR) is 98.9 cm³/mol. The van der Waals surface area contributed by atoms with Gasteiger partial charge >= 0.3 is 0 Å². The largest absolute Gasteiger partial charge is 0.368 e. The van der Waals surface area contributed by atoms with Gasteiger partial charge in [0.25, 0.3) is 0 Å². The number of nitrogens with zero attached hydrogens (tertiary/aromatic N) is 2. The predicted octanol–water partition coefficient (Wildman–Crippen LogP) is -0.446. The number of hydrogen-bond acceptors (Lipinski definition) is 6. The van der Waals surface area contributed by atoms with Crippen molar-refractivity contribution in [3.05, 3.63) is 0 Å². The second-order valence-electron chi connectivity index (χ2n) is 7.33. The second kappa shape index (κ2) is 8.85. The van der Waals surface area contributed by atoms with Crippen LogP contribution in [0.25, 0.3) is 0 Å². The summed E-state index contributed by atoms with van der Waals surface area (Å²) >= 11 is 1.22. The van der Waals surface area contributed by atoms with Crippen LogP contribution in [0.2, 0.25) is 0 Å². The summed E-state index contributed by atoms with van der Waals surface area (Å²) in [6, 6.07) is -0.818. The van der Waals surface area contributed by atoms with E-state index in [0.29, 0.717) is 6.54 Å². The quantitative estimate of drug-likeness (QED) is 0.573. The van der Waals surface area contributed by atoms with Crippen molar-refractivity contribution >= 4 is 35.4 Å². The molecular weight excluding hydrogens is 356 g/mol. The van der Waals surface area contributed by atoms with Crippen molar-refractivity contribution in [1.82, 2.24) is 9.80 Å². The molecule has 8 nitrogen and oxygen atoms in total. The smallest absolute Gasteiger partial charge is 0.242 e. The normalized spacial score (nSPS) is 27.5. The lowest BCUT2D eigenvalue weighted by molar-refractivity contribution is -0.140. The number of thioether (sulfide) groups is 1. The molecule has 1 saturated heterocycles. The fourth-order valence-electron chi connectivity index (χ4n) is 3.49. The fourth-order valence-corrected chi connectivity index (χ4v) is 4.63. The Balaban J connectivity index is 1.83. The minimum Gasteiger partial charge on any atom is -0.368 e. The lowest BCUT2D eigenvalue weighted by Crippen LogP contribution is -2.40. The van der Waals surface area contributed by atoms with E-state index in [-0.39, 0.29) is 41.7 Å². The van der Waals surface area contributed by atoms with Crippen molar-refractivity contribution in [2.45, 2.75) is 43.4 Å². The number of rotatable bonds is 7. The molecule has 26 heavy (non-hydrogen) atoms. The molecule has 2 atom stereocenters. The molecule has 9 heteroatoms. The van der Waals surface area contributed by atoms with Crippen molar-refractivity contribution in [3.8, 4) is 0 Å². The molecule has 0 bridgehead atoms. The van der Waals surface area contributed by atoms with E-state index in [1.54, 1.807) is 19.0 Å². The molecule has 0 spiro atoms. The van der Waals surface area contributed by atoms with Crippen LogP contribution in [0.5, 0.6) is 0 Å². The van der Waals surface area contributed by atoms with Crippen molar-refractivity contribution in [2.75, 3.05) is 26.4 Å². The third-order valence-electron chi connectivity index (χ3n) is 5.12. The van der Waals surface area contributed by atoms with Gasteiger partial charge in [-0.05, 0) is 31.6 Å². The Morgan fingerprint density at radius 3 is 2.38 bits per heavy atom. The average Bonchev–Trinajstić information content (AvgIpc) is 2.87. The van der Waals surface area contributed by atoms with Gasteiger partial charge in [0.2, 0.25) is 23.6 Å². The van der Waals surface area contributed by atoms with Crippen LogP contribution >= 0.6 is 11.8 Å². The Morgan fingerprint density at radius 1 is 1.23 bits per heavy atom. The molecular formula is C17H28N4O4S. The van der Waals surface area contributed by atoms with E-state index in [1.807, 2.05) is 0 Å².